The van der Waals surface area contributed by atoms with Gasteiger partial charge in [0.15, 0.2) is 6.10 Å². The molecule has 1 fully saturated rings. The molecule has 0 spiro atoms. The largest absolute Gasteiger partial charge is 0.481 e. The molecule has 110 valence electrons. The summed E-state index contributed by atoms with van der Waals surface area (Å²) < 4.78 is 11.0. The first-order valence-electron chi connectivity index (χ1n) is 6.89. The number of morpholine rings is 1. The lowest BCUT2D eigenvalue weighted by atomic mass is 10.1. The maximum atomic E-state index is 12.3. The number of hydrogen-bond donors (Lipinski definition) is 1. The summed E-state index contributed by atoms with van der Waals surface area (Å²) in [6, 6.07) is 7.23. The highest BCUT2D eigenvalue weighted by Gasteiger charge is 2.24. The van der Waals surface area contributed by atoms with Crippen molar-refractivity contribution in [1.82, 2.24) is 4.90 Å². The van der Waals surface area contributed by atoms with E-state index in [0.29, 0.717) is 37.6 Å². The molecule has 2 rings (SSSR count). The maximum absolute atomic E-state index is 12.3. The van der Waals surface area contributed by atoms with E-state index >= 15 is 0 Å². The van der Waals surface area contributed by atoms with Crippen LogP contribution in [0.25, 0.3) is 0 Å². The Hall–Kier alpha value is -1.59. The lowest BCUT2D eigenvalue weighted by Crippen LogP contribution is -2.46. The molecule has 1 heterocycles. The predicted octanol–water partition coefficient (Wildman–Crippen LogP) is 1.37. The molecule has 1 aliphatic heterocycles. The number of rotatable bonds is 4. The summed E-state index contributed by atoms with van der Waals surface area (Å²) in [5, 5.41) is 9.71. The quantitative estimate of drug-likeness (QED) is 0.904. The van der Waals surface area contributed by atoms with E-state index in [9.17, 15) is 9.90 Å². The van der Waals surface area contributed by atoms with Crippen molar-refractivity contribution < 1.29 is 19.4 Å². The zero-order valence-electron chi connectivity index (χ0n) is 11.9. The molecule has 0 radical (unpaired) electrons. The molecule has 0 aromatic heterocycles. The van der Waals surface area contributed by atoms with Crippen molar-refractivity contribution in [3.05, 3.63) is 29.8 Å². The van der Waals surface area contributed by atoms with Gasteiger partial charge in [-0.2, -0.15) is 0 Å². The molecule has 1 amide bonds. The van der Waals surface area contributed by atoms with Gasteiger partial charge in [-0.25, -0.2) is 0 Å². The lowest BCUT2D eigenvalue weighted by Gasteiger charge is -2.29. The van der Waals surface area contributed by atoms with E-state index < -0.39 is 12.2 Å². The Balaban J connectivity index is 2.03. The van der Waals surface area contributed by atoms with Crippen LogP contribution in [0.4, 0.5) is 0 Å². The summed E-state index contributed by atoms with van der Waals surface area (Å²) in [5.41, 5.74) is 0.689. The number of ether oxygens (including phenoxy) is 2. The van der Waals surface area contributed by atoms with Gasteiger partial charge in [0.1, 0.15) is 5.75 Å². The summed E-state index contributed by atoms with van der Waals surface area (Å²) in [6.07, 6.45) is -1.20. The normalized spacial score (nSPS) is 18.4. The Morgan fingerprint density at radius 2 is 1.95 bits per heavy atom. The second kappa shape index (κ2) is 6.72. The Bertz CT molecular complexity index is 455. The molecular weight excluding hydrogens is 258 g/mol. The van der Waals surface area contributed by atoms with E-state index in [1.807, 2.05) is 12.1 Å². The van der Waals surface area contributed by atoms with E-state index in [1.54, 1.807) is 30.9 Å². The second-order valence-corrected chi connectivity index (χ2v) is 4.91. The number of aliphatic hydroxyl groups is 1. The number of aliphatic hydroxyl groups excluding tert-OH is 1. The number of carbonyl (C=O) groups excluding carboxylic acids is 1. The van der Waals surface area contributed by atoms with Gasteiger partial charge >= 0.3 is 0 Å². The number of para-hydroxylation sites is 1. The van der Waals surface area contributed by atoms with Gasteiger partial charge in [-0.1, -0.05) is 18.2 Å². The number of hydrogen-bond acceptors (Lipinski definition) is 4. The molecule has 5 nitrogen and oxygen atoms in total. The van der Waals surface area contributed by atoms with Crippen LogP contribution >= 0.6 is 0 Å². The van der Waals surface area contributed by atoms with Crippen LogP contribution in [0.1, 0.15) is 25.5 Å². The summed E-state index contributed by atoms with van der Waals surface area (Å²) in [5.74, 6) is 0.505. The molecule has 0 saturated carbocycles. The van der Waals surface area contributed by atoms with Crippen molar-refractivity contribution >= 4 is 5.91 Å². The minimum Gasteiger partial charge on any atom is -0.481 e. The highest BCUT2D eigenvalue weighted by molar-refractivity contribution is 5.81. The minimum absolute atomic E-state index is 0.0475. The number of nitrogens with zero attached hydrogens (tertiary/aromatic N) is 1. The van der Waals surface area contributed by atoms with E-state index in [4.69, 9.17) is 9.47 Å². The van der Waals surface area contributed by atoms with Crippen LogP contribution in [-0.4, -0.2) is 48.3 Å². The average Bonchev–Trinajstić information content (AvgIpc) is 2.47. The lowest BCUT2D eigenvalue weighted by molar-refractivity contribution is -0.142. The van der Waals surface area contributed by atoms with E-state index in [0.717, 1.165) is 0 Å². The predicted molar refractivity (Wildman–Crippen MR) is 74.6 cm³/mol. The first-order valence-corrected chi connectivity index (χ1v) is 6.89. The van der Waals surface area contributed by atoms with Gasteiger partial charge in [-0.05, 0) is 19.9 Å². The SMILES string of the molecule is CC(Oc1ccccc1[C@H](C)O)C(=O)N1CCOCC1. The van der Waals surface area contributed by atoms with Gasteiger partial charge in [0, 0.05) is 18.7 Å². The molecule has 1 aromatic rings. The third kappa shape index (κ3) is 3.49. The smallest absolute Gasteiger partial charge is 0.263 e. The van der Waals surface area contributed by atoms with Gasteiger partial charge in [0.25, 0.3) is 5.91 Å². The van der Waals surface area contributed by atoms with E-state index in [2.05, 4.69) is 0 Å². The van der Waals surface area contributed by atoms with Crippen LogP contribution in [0, 0.1) is 0 Å². The van der Waals surface area contributed by atoms with Crippen LogP contribution in [0.3, 0.4) is 0 Å². The van der Waals surface area contributed by atoms with Crippen molar-refractivity contribution in [3.8, 4) is 5.75 Å². The highest BCUT2D eigenvalue weighted by Crippen LogP contribution is 2.25. The molecule has 20 heavy (non-hydrogen) atoms. The van der Waals surface area contributed by atoms with Gasteiger partial charge in [0.2, 0.25) is 0 Å². The third-order valence-electron chi connectivity index (χ3n) is 3.34. The van der Waals surface area contributed by atoms with E-state index in [-0.39, 0.29) is 5.91 Å². The van der Waals surface area contributed by atoms with Crippen LogP contribution in [0.15, 0.2) is 24.3 Å². The zero-order valence-corrected chi connectivity index (χ0v) is 11.9. The van der Waals surface area contributed by atoms with Gasteiger partial charge in [0.05, 0.1) is 19.3 Å². The molecular formula is C15H21NO4. The Morgan fingerprint density at radius 1 is 1.30 bits per heavy atom. The van der Waals surface area contributed by atoms with Crippen LogP contribution in [0.5, 0.6) is 5.75 Å². The Morgan fingerprint density at radius 3 is 2.60 bits per heavy atom. The van der Waals surface area contributed by atoms with E-state index in [1.165, 1.54) is 0 Å². The maximum Gasteiger partial charge on any atom is 0.263 e. The molecule has 1 saturated heterocycles. The van der Waals surface area contributed by atoms with Crippen LogP contribution in [-0.2, 0) is 9.53 Å². The fourth-order valence-electron chi connectivity index (χ4n) is 2.21. The number of carbonyl (C=O) groups is 1. The van der Waals surface area contributed by atoms with Gasteiger partial charge in [-0.3, -0.25) is 4.79 Å². The summed E-state index contributed by atoms with van der Waals surface area (Å²) in [6.45, 7) is 5.76. The molecule has 1 aromatic carbocycles. The van der Waals surface area contributed by atoms with Crippen molar-refractivity contribution in [2.24, 2.45) is 0 Å². The van der Waals surface area contributed by atoms with Crippen LogP contribution < -0.4 is 4.74 Å². The van der Waals surface area contributed by atoms with Gasteiger partial charge in [-0.15, -0.1) is 0 Å². The molecule has 0 aliphatic carbocycles. The molecule has 1 aliphatic rings. The Labute approximate surface area is 119 Å². The first kappa shape index (κ1) is 14.8. The fraction of sp³-hybridized carbons (Fsp3) is 0.533. The number of amides is 1. The van der Waals surface area contributed by atoms with Crippen LogP contribution in [0.2, 0.25) is 0 Å². The molecule has 2 atom stereocenters. The topological polar surface area (TPSA) is 59.0 Å². The zero-order chi connectivity index (χ0) is 14.5. The third-order valence-corrected chi connectivity index (χ3v) is 3.34. The molecule has 1 unspecified atom stereocenters. The van der Waals surface area contributed by atoms with Crippen molar-refractivity contribution in [2.75, 3.05) is 26.3 Å². The second-order valence-electron chi connectivity index (χ2n) is 4.91. The van der Waals surface area contributed by atoms with Crippen molar-refractivity contribution in [1.29, 1.82) is 0 Å². The minimum atomic E-state index is -0.628. The Kier molecular flexibility index (Phi) is 4.98. The monoisotopic (exact) mass is 279 g/mol. The molecule has 5 heteroatoms. The summed E-state index contributed by atoms with van der Waals surface area (Å²) >= 11 is 0. The summed E-state index contributed by atoms with van der Waals surface area (Å²) in [7, 11) is 0. The van der Waals surface area contributed by atoms with Crippen molar-refractivity contribution in [3.63, 3.8) is 0 Å². The summed E-state index contributed by atoms with van der Waals surface area (Å²) in [4.78, 5) is 14.0. The number of benzene rings is 1. The average molecular weight is 279 g/mol. The van der Waals surface area contributed by atoms with Crippen molar-refractivity contribution in [2.45, 2.75) is 26.1 Å². The molecule has 0 bridgehead atoms. The fourth-order valence-corrected chi connectivity index (χ4v) is 2.21. The molecule has 1 N–H and O–H groups in total. The standard InChI is InChI=1S/C15H21NO4/c1-11(17)13-5-3-4-6-14(13)20-12(2)15(18)16-7-9-19-10-8-16/h3-6,11-12,17H,7-10H2,1-2H3/t11-,12?/m0/s1. The first-order chi connectivity index (χ1) is 9.59. The highest BCUT2D eigenvalue weighted by atomic mass is 16.5. The van der Waals surface area contributed by atoms with Gasteiger partial charge < -0.3 is 19.5 Å².